The summed E-state index contributed by atoms with van der Waals surface area (Å²) in [5, 5.41) is 18.5. The minimum Gasteiger partial charge on any atom is -0.361 e. The van der Waals surface area contributed by atoms with Crippen LogP contribution in [-0.4, -0.2) is 30.8 Å². The lowest BCUT2D eigenvalue weighted by Crippen LogP contribution is -2.07. The summed E-state index contributed by atoms with van der Waals surface area (Å²) < 4.78 is 4.03. The standard InChI is InChI=1S/C20H17ClN6S/c1-28-20-25-24-19(27(20)15-9-7-14(21)8-10-15)16-11-22-26-12-17(23-18(16)26)13-5-3-2-4-6-13/h2-11,17,23H,12H2,1H3. The Balaban J connectivity index is 1.57. The van der Waals surface area contributed by atoms with Gasteiger partial charge in [-0.15, -0.1) is 10.2 Å². The van der Waals surface area contributed by atoms with Crippen molar-refractivity contribution in [2.24, 2.45) is 0 Å². The first-order valence-electron chi connectivity index (χ1n) is 8.87. The summed E-state index contributed by atoms with van der Waals surface area (Å²) in [4.78, 5) is 0. The highest BCUT2D eigenvalue weighted by molar-refractivity contribution is 7.98. The van der Waals surface area contributed by atoms with Crippen molar-refractivity contribution in [3.05, 3.63) is 71.4 Å². The van der Waals surface area contributed by atoms with Gasteiger partial charge in [-0.3, -0.25) is 4.57 Å². The van der Waals surface area contributed by atoms with Gasteiger partial charge in [0.25, 0.3) is 0 Å². The van der Waals surface area contributed by atoms with Gasteiger partial charge >= 0.3 is 0 Å². The SMILES string of the molecule is CSc1nnc(-c2cnn3c2NC(c2ccccc2)C3)n1-c1ccc(Cl)cc1. The largest absolute Gasteiger partial charge is 0.361 e. The van der Waals surface area contributed by atoms with Crippen LogP contribution in [0.2, 0.25) is 5.02 Å². The van der Waals surface area contributed by atoms with E-state index in [-0.39, 0.29) is 6.04 Å². The second kappa shape index (κ2) is 7.00. The molecule has 1 atom stereocenters. The van der Waals surface area contributed by atoms with Crippen molar-refractivity contribution in [1.82, 2.24) is 24.5 Å². The number of nitrogens with zero attached hydrogens (tertiary/aromatic N) is 5. The van der Waals surface area contributed by atoms with Crippen LogP contribution in [0.1, 0.15) is 11.6 Å². The average Bonchev–Trinajstić information content (AvgIpc) is 3.43. The summed E-state index contributed by atoms with van der Waals surface area (Å²) in [5.74, 6) is 1.72. The fraction of sp³-hybridized carbons (Fsp3) is 0.150. The fourth-order valence-electron chi connectivity index (χ4n) is 3.50. The molecule has 0 aliphatic carbocycles. The van der Waals surface area contributed by atoms with Gasteiger partial charge in [0.05, 0.1) is 24.3 Å². The second-order valence-electron chi connectivity index (χ2n) is 6.52. The number of thioether (sulfide) groups is 1. The number of aromatic nitrogens is 5. The number of hydrogen-bond donors (Lipinski definition) is 1. The lowest BCUT2D eigenvalue weighted by Gasteiger charge is -2.12. The van der Waals surface area contributed by atoms with E-state index in [4.69, 9.17) is 11.6 Å². The van der Waals surface area contributed by atoms with E-state index in [1.54, 1.807) is 11.8 Å². The van der Waals surface area contributed by atoms with Gasteiger partial charge in [0, 0.05) is 10.7 Å². The van der Waals surface area contributed by atoms with E-state index in [2.05, 4.69) is 44.9 Å². The number of hydrogen-bond acceptors (Lipinski definition) is 5. The number of nitrogens with one attached hydrogen (secondary N) is 1. The van der Waals surface area contributed by atoms with Crippen LogP contribution in [0.3, 0.4) is 0 Å². The van der Waals surface area contributed by atoms with Crippen molar-refractivity contribution in [1.29, 1.82) is 0 Å². The highest BCUT2D eigenvalue weighted by Crippen LogP contribution is 2.37. The minimum absolute atomic E-state index is 0.190. The first-order chi connectivity index (χ1) is 13.7. The molecule has 2 aromatic carbocycles. The van der Waals surface area contributed by atoms with Gasteiger partial charge in [-0.05, 0) is 36.1 Å². The van der Waals surface area contributed by atoms with Crippen LogP contribution in [0.5, 0.6) is 0 Å². The molecule has 140 valence electrons. The number of rotatable bonds is 4. The molecule has 28 heavy (non-hydrogen) atoms. The van der Waals surface area contributed by atoms with Crippen LogP contribution >= 0.6 is 23.4 Å². The molecule has 0 amide bonds. The van der Waals surface area contributed by atoms with Crippen LogP contribution in [0.15, 0.2) is 66.0 Å². The minimum atomic E-state index is 0.190. The number of halogens is 1. The smallest absolute Gasteiger partial charge is 0.195 e. The van der Waals surface area contributed by atoms with Gasteiger partial charge in [0.2, 0.25) is 0 Å². The van der Waals surface area contributed by atoms with Crippen LogP contribution in [0.25, 0.3) is 17.1 Å². The molecule has 8 heteroatoms. The zero-order valence-electron chi connectivity index (χ0n) is 15.1. The molecule has 6 nitrogen and oxygen atoms in total. The van der Waals surface area contributed by atoms with Crippen LogP contribution < -0.4 is 5.32 Å². The normalized spacial score (nSPS) is 15.4. The zero-order chi connectivity index (χ0) is 19.1. The first-order valence-corrected chi connectivity index (χ1v) is 10.5. The molecule has 1 unspecified atom stereocenters. The quantitative estimate of drug-likeness (QED) is 0.497. The summed E-state index contributed by atoms with van der Waals surface area (Å²) in [6, 6.07) is 18.3. The molecule has 1 aliphatic rings. The molecular weight excluding hydrogens is 392 g/mol. The molecule has 0 radical (unpaired) electrons. The van der Waals surface area contributed by atoms with E-state index in [1.807, 2.05) is 52.0 Å². The predicted octanol–water partition coefficient (Wildman–Crippen LogP) is 4.67. The van der Waals surface area contributed by atoms with E-state index in [0.717, 1.165) is 34.6 Å². The highest BCUT2D eigenvalue weighted by Gasteiger charge is 2.28. The van der Waals surface area contributed by atoms with Crippen molar-refractivity contribution in [2.45, 2.75) is 17.7 Å². The van der Waals surface area contributed by atoms with Crippen LogP contribution in [-0.2, 0) is 6.54 Å². The topological polar surface area (TPSA) is 60.6 Å². The monoisotopic (exact) mass is 408 g/mol. The van der Waals surface area contributed by atoms with Crippen molar-refractivity contribution in [3.63, 3.8) is 0 Å². The summed E-state index contributed by atoms with van der Waals surface area (Å²) in [6.45, 7) is 0.782. The molecule has 3 heterocycles. The Bertz CT molecular complexity index is 1120. The van der Waals surface area contributed by atoms with Gasteiger partial charge in [0.15, 0.2) is 11.0 Å². The van der Waals surface area contributed by atoms with E-state index < -0.39 is 0 Å². The third-order valence-electron chi connectivity index (χ3n) is 4.85. The third kappa shape index (κ3) is 2.87. The molecule has 1 N–H and O–H groups in total. The van der Waals surface area contributed by atoms with Gasteiger partial charge in [-0.2, -0.15) is 5.10 Å². The molecule has 0 fully saturated rings. The van der Waals surface area contributed by atoms with Gasteiger partial charge < -0.3 is 5.32 Å². The number of fused-ring (bicyclic) bond motifs is 1. The van der Waals surface area contributed by atoms with E-state index in [1.165, 1.54) is 5.56 Å². The summed E-state index contributed by atoms with van der Waals surface area (Å²) in [5.41, 5.74) is 3.13. The lowest BCUT2D eigenvalue weighted by molar-refractivity contribution is 0.617. The summed E-state index contributed by atoms with van der Waals surface area (Å²) in [7, 11) is 0. The maximum absolute atomic E-state index is 6.07. The molecule has 1 aliphatic heterocycles. The summed E-state index contributed by atoms with van der Waals surface area (Å²) in [6.07, 6.45) is 3.84. The third-order valence-corrected chi connectivity index (χ3v) is 5.73. The molecule has 2 aromatic heterocycles. The Labute approximate surface area is 171 Å². The Morgan fingerprint density at radius 1 is 1.07 bits per heavy atom. The Hall–Kier alpha value is -2.77. The van der Waals surface area contributed by atoms with Crippen LogP contribution in [0, 0.1) is 0 Å². The van der Waals surface area contributed by atoms with Gasteiger partial charge in [0.1, 0.15) is 5.82 Å². The Morgan fingerprint density at radius 2 is 1.86 bits per heavy atom. The molecule has 5 rings (SSSR count). The van der Waals surface area contributed by atoms with Crippen molar-refractivity contribution in [3.8, 4) is 17.1 Å². The lowest BCUT2D eigenvalue weighted by atomic mass is 10.1. The zero-order valence-corrected chi connectivity index (χ0v) is 16.7. The predicted molar refractivity (Wildman–Crippen MR) is 112 cm³/mol. The maximum atomic E-state index is 6.07. The highest BCUT2D eigenvalue weighted by atomic mass is 35.5. The van der Waals surface area contributed by atoms with Gasteiger partial charge in [-0.1, -0.05) is 53.7 Å². The second-order valence-corrected chi connectivity index (χ2v) is 7.73. The van der Waals surface area contributed by atoms with E-state index in [9.17, 15) is 0 Å². The Kier molecular flexibility index (Phi) is 4.33. The first kappa shape index (κ1) is 17.3. The average molecular weight is 409 g/mol. The molecule has 0 spiro atoms. The van der Waals surface area contributed by atoms with Crippen molar-refractivity contribution < 1.29 is 0 Å². The Morgan fingerprint density at radius 3 is 2.61 bits per heavy atom. The van der Waals surface area contributed by atoms with Crippen molar-refractivity contribution >= 4 is 29.2 Å². The maximum Gasteiger partial charge on any atom is 0.195 e. The van der Waals surface area contributed by atoms with Gasteiger partial charge in [-0.25, -0.2) is 4.68 Å². The summed E-state index contributed by atoms with van der Waals surface area (Å²) >= 11 is 7.62. The van der Waals surface area contributed by atoms with Crippen LogP contribution in [0.4, 0.5) is 5.82 Å². The van der Waals surface area contributed by atoms with E-state index in [0.29, 0.717) is 5.02 Å². The van der Waals surface area contributed by atoms with Crippen molar-refractivity contribution in [2.75, 3.05) is 11.6 Å². The molecule has 4 aromatic rings. The molecule has 0 saturated carbocycles. The molecule has 0 saturated heterocycles. The molecular formula is C20H17ClN6S. The number of benzene rings is 2. The fourth-order valence-corrected chi connectivity index (χ4v) is 4.12. The number of anilines is 1. The van der Waals surface area contributed by atoms with E-state index >= 15 is 0 Å². The molecule has 0 bridgehead atoms.